The van der Waals surface area contributed by atoms with E-state index >= 15 is 0 Å². The van der Waals surface area contributed by atoms with E-state index < -0.39 is 0 Å². The van der Waals surface area contributed by atoms with Crippen molar-refractivity contribution in [1.29, 1.82) is 0 Å². The first-order valence-corrected chi connectivity index (χ1v) is 7.78. The minimum atomic E-state index is 0. The molecule has 0 saturated heterocycles. The van der Waals surface area contributed by atoms with Crippen LogP contribution in [0.4, 0.5) is 0 Å². The SMILES string of the molecule is CN(C)C(=NCc1ccccc1)NCc1cc2ccccc2[nH]1.I. The van der Waals surface area contributed by atoms with Gasteiger partial charge in [-0.3, -0.25) is 0 Å². The molecule has 0 aliphatic heterocycles. The molecule has 0 bridgehead atoms. The highest BCUT2D eigenvalue weighted by atomic mass is 127. The van der Waals surface area contributed by atoms with Crippen molar-refractivity contribution in [3.05, 3.63) is 71.9 Å². The van der Waals surface area contributed by atoms with Gasteiger partial charge in [0.1, 0.15) is 0 Å². The van der Waals surface area contributed by atoms with Crippen molar-refractivity contribution in [3.63, 3.8) is 0 Å². The average molecular weight is 434 g/mol. The number of rotatable bonds is 4. The summed E-state index contributed by atoms with van der Waals surface area (Å²) < 4.78 is 0. The van der Waals surface area contributed by atoms with Gasteiger partial charge in [0.05, 0.1) is 13.1 Å². The maximum atomic E-state index is 4.68. The molecule has 0 amide bonds. The number of aromatic nitrogens is 1. The second-order valence-electron chi connectivity index (χ2n) is 5.76. The number of aliphatic imine (C=N–C) groups is 1. The summed E-state index contributed by atoms with van der Waals surface area (Å²) in [5, 5.41) is 4.64. The number of nitrogens with zero attached hydrogens (tertiary/aromatic N) is 2. The van der Waals surface area contributed by atoms with Crippen molar-refractivity contribution >= 4 is 40.8 Å². The number of hydrogen-bond acceptors (Lipinski definition) is 1. The van der Waals surface area contributed by atoms with E-state index in [1.54, 1.807) is 0 Å². The summed E-state index contributed by atoms with van der Waals surface area (Å²) in [6.07, 6.45) is 0. The molecule has 0 aliphatic carbocycles. The van der Waals surface area contributed by atoms with E-state index in [9.17, 15) is 0 Å². The maximum absolute atomic E-state index is 4.68. The Kier molecular flexibility index (Phi) is 6.66. The third-order valence-corrected chi connectivity index (χ3v) is 3.70. The lowest BCUT2D eigenvalue weighted by atomic mass is 10.2. The first-order chi connectivity index (χ1) is 11.2. The van der Waals surface area contributed by atoms with Gasteiger partial charge in [0, 0.05) is 25.3 Å². The van der Waals surface area contributed by atoms with Gasteiger partial charge in [-0.15, -0.1) is 24.0 Å². The van der Waals surface area contributed by atoms with Gasteiger partial charge < -0.3 is 15.2 Å². The molecule has 0 radical (unpaired) electrons. The fourth-order valence-corrected chi connectivity index (χ4v) is 2.51. The van der Waals surface area contributed by atoms with Crippen LogP contribution in [0, 0.1) is 0 Å². The summed E-state index contributed by atoms with van der Waals surface area (Å²) in [6.45, 7) is 1.40. The summed E-state index contributed by atoms with van der Waals surface area (Å²) >= 11 is 0. The van der Waals surface area contributed by atoms with Crippen LogP contribution in [0.25, 0.3) is 10.9 Å². The van der Waals surface area contributed by atoms with E-state index in [2.05, 4.69) is 51.7 Å². The zero-order chi connectivity index (χ0) is 16.1. The number of fused-ring (bicyclic) bond motifs is 1. The molecular formula is C19H23IN4. The lowest BCUT2D eigenvalue weighted by Gasteiger charge is -2.17. The van der Waals surface area contributed by atoms with Crippen LogP contribution in [0.5, 0.6) is 0 Å². The van der Waals surface area contributed by atoms with E-state index in [1.165, 1.54) is 10.9 Å². The predicted octanol–water partition coefficient (Wildman–Crippen LogP) is 3.99. The van der Waals surface area contributed by atoms with Crippen LogP contribution in [0.2, 0.25) is 0 Å². The van der Waals surface area contributed by atoms with E-state index in [0.717, 1.165) is 23.7 Å². The van der Waals surface area contributed by atoms with Crippen molar-refractivity contribution < 1.29 is 0 Å². The van der Waals surface area contributed by atoms with E-state index in [4.69, 9.17) is 0 Å². The lowest BCUT2D eigenvalue weighted by molar-refractivity contribution is 0.577. The quantitative estimate of drug-likeness (QED) is 0.371. The summed E-state index contributed by atoms with van der Waals surface area (Å²) in [7, 11) is 4.00. The number of nitrogens with one attached hydrogen (secondary N) is 2. The van der Waals surface area contributed by atoms with Crippen molar-refractivity contribution in [2.24, 2.45) is 4.99 Å². The zero-order valence-corrected chi connectivity index (χ0v) is 16.3. The van der Waals surface area contributed by atoms with E-state index in [1.807, 2.05) is 43.3 Å². The summed E-state index contributed by atoms with van der Waals surface area (Å²) in [6, 6.07) is 20.8. The maximum Gasteiger partial charge on any atom is 0.194 e. The molecule has 126 valence electrons. The van der Waals surface area contributed by atoms with Crippen molar-refractivity contribution in [2.75, 3.05) is 14.1 Å². The molecule has 3 rings (SSSR count). The Morgan fingerprint density at radius 2 is 1.75 bits per heavy atom. The Labute approximate surface area is 160 Å². The topological polar surface area (TPSA) is 43.4 Å². The minimum absolute atomic E-state index is 0. The van der Waals surface area contributed by atoms with Crippen LogP contribution >= 0.6 is 24.0 Å². The Morgan fingerprint density at radius 1 is 1.04 bits per heavy atom. The van der Waals surface area contributed by atoms with Crippen LogP contribution in [-0.4, -0.2) is 29.9 Å². The second-order valence-corrected chi connectivity index (χ2v) is 5.76. The molecule has 4 nitrogen and oxygen atoms in total. The van der Waals surface area contributed by atoms with Gasteiger partial charge >= 0.3 is 0 Å². The Hall–Kier alpha value is -2.02. The molecule has 0 fully saturated rings. The molecule has 0 aliphatic rings. The molecule has 0 saturated carbocycles. The molecule has 0 spiro atoms. The van der Waals surface area contributed by atoms with Crippen LogP contribution in [0.1, 0.15) is 11.3 Å². The molecule has 24 heavy (non-hydrogen) atoms. The Bertz CT molecular complexity index is 760. The first kappa shape index (κ1) is 18.3. The fourth-order valence-electron chi connectivity index (χ4n) is 2.51. The predicted molar refractivity (Wildman–Crippen MR) is 112 cm³/mol. The molecule has 1 heterocycles. The van der Waals surface area contributed by atoms with E-state index in [0.29, 0.717) is 6.54 Å². The standard InChI is InChI=1S/C19H22N4.HI/c1-23(2)19(20-13-15-8-4-3-5-9-15)21-14-17-12-16-10-6-7-11-18(16)22-17;/h3-12,22H,13-14H2,1-2H3,(H,20,21);1H. The lowest BCUT2D eigenvalue weighted by Crippen LogP contribution is -2.36. The number of benzene rings is 2. The monoisotopic (exact) mass is 434 g/mol. The molecule has 2 N–H and O–H groups in total. The third-order valence-electron chi connectivity index (χ3n) is 3.70. The number of guanidine groups is 1. The van der Waals surface area contributed by atoms with Crippen LogP contribution in [-0.2, 0) is 13.1 Å². The highest BCUT2D eigenvalue weighted by Crippen LogP contribution is 2.14. The van der Waals surface area contributed by atoms with Gasteiger partial charge in [0.25, 0.3) is 0 Å². The smallest absolute Gasteiger partial charge is 0.194 e. The molecular weight excluding hydrogens is 411 g/mol. The van der Waals surface area contributed by atoms with Gasteiger partial charge in [-0.05, 0) is 23.1 Å². The van der Waals surface area contributed by atoms with Gasteiger partial charge in [-0.25, -0.2) is 4.99 Å². The zero-order valence-electron chi connectivity index (χ0n) is 14.0. The number of H-pyrrole nitrogens is 1. The van der Waals surface area contributed by atoms with Gasteiger partial charge in [0.15, 0.2) is 5.96 Å². The summed E-state index contributed by atoms with van der Waals surface area (Å²) in [4.78, 5) is 10.1. The van der Waals surface area contributed by atoms with Gasteiger partial charge in [-0.2, -0.15) is 0 Å². The highest BCUT2D eigenvalue weighted by molar-refractivity contribution is 14.0. The third kappa shape index (κ3) is 4.74. The van der Waals surface area contributed by atoms with Gasteiger partial charge in [-0.1, -0.05) is 48.5 Å². The number of halogens is 1. The number of para-hydroxylation sites is 1. The highest BCUT2D eigenvalue weighted by Gasteiger charge is 2.04. The summed E-state index contributed by atoms with van der Waals surface area (Å²) in [5.74, 6) is 0.882. The number of aromatic amines is 1. The average Bonchev–Trinajstić information content (AvgIpc) is 2.98. The minimum Gasteiger partial charge on any atom is -0.357 e. The number of hydrogen-bond donors (Lipinski definition) is 2. The molecule has 5 heteroatoms. The van der Waals surface area contributed by atoms with Crippen LogP contribution < -0.4 is 5.32 Å². The molecule has 0 unspecified atom stereocenters. The van der Waals surface area contributed by atoms with Crippen LogP contribution in [0.3, 0.4) is 0 Å². The molecule has 2 aromatic carbocycles. The van der Waals surface area contributed by atoms with Gasteiger partial charge in [0.2, 0.25) is 0 Å². The fraction of sp³-hybridized carbons (Fsp3) is 0.211. The van der Waals surface area contributed by atoms with Crippen molar-refractivity contribution in [2.45, 2.75) is 13.1 Å². The second kappa shape index (κ2) is 8.73. The van der Waals surface area contributed by atoms with Crippen molar-refractivity contribution in [3.8, 4) is 0 Å². The molecule has 1 aromatic heterocycles. The van der Waals surface area contributed by atoms with Crippen molar-refractivity contribution in [1.82, 2.24) is 15.2 Å². The first-order valence-electron chi connectivity index (χ1n) is 7.78. The Morgan fingerprint density at radius 3 is 2.46 bits per heavy atom. The molecule has 3 aromatic rings. The summed E-state index contributed by atoms with van der Waals surface area (Å²) in [5.41, 5.74) is 3.52. The Balaban J connectivity index is 0.00000208. The molecule has 0 atom stereocenters. The largest absolute Gasteiger partial charge is 0.357 e. The van der Waals surface area contributed by atoms with E-state index in [-0.39, 0.29) is 24.0 Å². The van der Waals surface area contributed by atoms with Crippen LogP contribution in [0.15, 0.2) is 65.7 Å². The normalized spacial score (nSPS) is 11.2.